The molecule has 174 valence electrons. The molecule has 1 atom stereocenters. The highest BCUT2D eigenvalue weighted by Crippen LogP contribution is 2.44. The Bertz CT molecular complexity index is 1260. The summed E-state index contributed by atoms with van der Waals surface area (Å²) >= 11 is 0. The third-order valence-corrected chi connectivity index (χ3v) is 5.69. The summed E-state index contributed by atoms with van der Waals surface area (Å²) in [7, 11) is 4.46. The van der Waals surface area contributed by atoms with E-state index < -0.39 is 17.7 Å². The van der Waals surface area contributed by atoms with Gasteiger partial charge in [-0.1, -0.05) is 24.3 Å². The molecule has 0 radical (unpaired) electrons. The van der Waals surface area contributed by atoms with Crippen LogP contribution in [-0.2, 0) is 16.1 Å². The van der Waals surface area contributed by atoms with Gasteiger partial charge in [0.1, 0.15) is 23.0 Å². The Morgan fingerprint density at radius 2 is 1.68 bits per heavy atom. The molecule has 0 aliphatic carbocycles. The van der Waals surface area contributed by atoms with Crippen LogP contribution < -0.4 is 14.2 Å². The Kier molecular flexibility index (Phi) is 6.49. The van der Waals surface area contributed by atoms with E-state index in [0.717, 1.165) is 0 Å². The zero-order valence-electron chi connectivity index (χ0n) is 19.0. The van der Waals surface area contributed by atoms with Gasteiger partial charge in [-0.05, 0) is 36.4 Å². The van der Waals surface area contributed by atoms with Crippen molar-refractivity contribution in [1.82, 2.24) is 9.88 Å². The first kappa shape index (κ1) is 22.8. The number of hydrogen-bond donors (Lipinski definition) is 1. The summed E-state index contributed by atoms with van der Waals surface area (Å²) in [6.07, 6.45) is 1.62. The molecule has 1 aliphatic heterocycles. The van der Waals surface area contributed by atoms with Gasteiger partial charge in [0.15, 0.2) is 0 Å². The molecule has 3 aromatic rings. The molecule has 8 heteroatoms. The van der Waals surface area contributed by atoms with Gasteiger partial charge in [-0.3, -0.25) is 14.6 Å². The first-order valence-corrected chi connectivity index (χ1v) is 10.5. The number of ketones is 1. The number of Topliss-reactive ketones (excluding diaryl/α,β-unsaturated/α-hetero) is 1. The first-order chi connectivity index (χ1) is 16.5. The first-order valence-electron chi connectivity index (χ1n) is 10.5. The average molecular weight is 460 g/mol. The molecule has 1 N–H and O–H groups in total. The van der Waals surface area contributed by atoms with E-state index in [1.807, 2.05) is 0 Å². The molecule has 0 bridgehead atoms. The van der Waals surface area contributed by atoms with E-state index in [0.29, 0.717) is 28.5 Å². The van der Waals surface area contributed by atoms with Crippen LogP contribution in [0, 0.1) is 0 Å². The maximum absolute atomic E-state index is 13.3. The zero-order chi connectivity index (χ0) is 24.2. The lowest BCUT2D eigenvalue weighted by atomic mass is 9.94. The van der Waals surface area contributed by atoms with Crippen LogP contribution in [0.2, 0.25) is 0 Å². The summed E-state index contributed by atoms with van der Waals surface area (Å²) in [4.78, 5) is 32.2. The number of methoxy groups -OCH3 is 3. The number of benzene rings is 2. The van der Waals surface area contributed by atoms with E-state index in [-0.39, 0.29) is 23.4 Å². The predicted molar refractivity (Wildman–Crippen MR) is 125 cm³/mol. The van der Waals surface area contributed by atoms with E-state index in [4.69, 9.17) is 14.2 Å². The molecular formula is C26H24N2O6. The fourth-order valence-corrected chi connectivity index (χ4v) is 4.07. The fourth-order valence-electron chi connectivity index (χ4n) is 4.07. The quantitative estimate of drug-likeness (QED) is 0.326. The number of nitrogens with zero attached hydrogens (tertiary/aromatic N) is 2. The van der Waals surface area contributed by atoms with Gasteiger partial charge in [-0.25, -0.2) is 0 Å². The Balaban J connectivity index is 1.95. The number of pyridine rings is 1. The molecule has 1 unspecified atom stereocenters. The number of rotatable bonds is 7. The second kappa shape index (κ2) is 9.66. The number of para-hydroxylation sites is 1. The maximum Gasteiger partial charge on any atom is 0.296 e. The Morgan fingerprint density at radius 1 is 0.941 bits per heavy atom. The van der Waals surface area contributed by atoms with E-state index in [1.54, 1.807) is 66.9 Å². The SMILES string of the molecule is COc1ccc(OC)c(/C(O)=C2\C(=O)C(=O)N(Cc3ccccn3)C2c2ccccc2OC)c1. The van der Waals surface area contributed by atoms with Crippen LogP contribution in [0.3, 0.4) is 0 Å². The fraction of sp³-hybridized carbons (Fsp3) is 0.192. The molecular weight excluding hydrogens is 436 g/mol. The van der Waals surface area contributed by atoms with Gasteiger partial charge in [-0.2, -0.15) is 0 Å². The van der Waals surface area contributed by atoms with E-state index in [2.05, 4.69) is 4.98 Å². The van der Waals surface area contributed by atoms with Gasteiger partial charge in [0.05, 0.1) is 50.7 Å². The largest absolute Gasteiger partial charge is 0.507 e. The molecule has 1 aromatic heterocycles. The third-order valence-electron chi connectivity index (χ3n) is 5.69. The highest BCUT2D eigenvalue weighted by Gasteiger charge is 2.47. The van der Waals surface area contributed by atoms with Gasteiger partial charge in [0, 0.05) is 11.8 Å². The smallest absolute Gasteiger partial charge is 0.296 e. The molecule has 2 aromatic carbocycles. The number of aliphatic hydroxyl groups excluding tert-OH is 1. The van der Waals surface area contributed by atoms with Crippen molar-refractivity contribution in [1.29, 1.82) is 0 Å². The highest BCUT2D eigenvalue weighted by molar-refractivity contribution is 6.46. The van der Waals surface area contributed by atoms with Crippen molar-refractivity contribution < 1.29 is 28.9 Å². The van der Waals surface area contributed by atoms with Crippen molar-refractivity contribution in [2.75, 3.05) is 21.3 Å². The molecule has 2 heterocycles. The van der Waals surface area contributed by atoms with E-state index >= 15 is 0 Å². The molecule has 4 rings (SSSR count). The highest BCUT2D eigenvalue weighted by atomic mass is 16.5. The Labute approximate surface area is 197 Å². The number of carbonyl (C=O) groups is 2. The van der Waals surface area contributed by atoms with Crippen LogP contribution >= 0.6 is 0 Å². The van der Waals surface area contributed by atoms with Gasteiger partial charge in [0.25, 0.3) is 11.7 Å². The van der Waals surface area contributed by atoms with Crippen LogP contribution in [0.25, 0.3) is 5.76 Å². The summed E-state index contributed by atoms with van der Waals surface area (Å²) in [5.41, 5.74) is 1.32. The van der Waals surface area contributed by atoms with E-state index in [9.17, 15) is 14.7 Å². The third kappa shape index (κ3) is 4.05. The van der Waals surface area contributed by atoms with Crippen LogP contribution in [0.4, 0.5) is 0 Å². The Hall–Kier alpha value is -4.33. The molecule has 8 nitrogen and oxygen atoms in total. The monoisotopic (exact) mass is 460 g/mol. The number of likely N-dealkylation sites (tertiary alicyclic amines) is 1. The van der Waals surface area contributed by atoms with Crippen LogP contribution in [0.1, 0.15) is 22.9 Å². The lowest BCUT2D eigenvalue weighted by Gasteiger charge is -2.26. The molecule has 0 saturated carbocycles. The minimum absolute atomic E-state index is 0.0696. The number of carbonyl (C=O) groups excluding carboxylic acids is 2. The van der Waals surface area contributed by atoms with Crippen molar-refractivity contribution in [3.63, 3.8) is 0 Å². The second-order valence-corrected chi connectivity index (χ2v) is 7.56. The number of aliphatic hydroxyl groups is 1. The molecule has 0 spiro atoms. The second-order valence-electron chi connectivity index (χ2n) is 7.56. The van der Waals surface area contributed by atoms with Crippen molar-refractivity contribution in [3.05, 3.63) is 89.3 Å². The molecule has 1 amide bonds. The van der Waals surface area contributed by atoms with Gasteiger partial charge in [0.2, 0.25) is 0 Å². The molecule has 1 aliphatic rings. The summed E-state index contributed by atoms with van der Waals surface area (Å²) in [6.45, 7) is 0.0696. The standard InChI is InChI=1S/C26H24N2O6/c1-32-17-11-12-21(34-3)19(14-17)24(29)22-23(18-9-4-5-10-20(18)33-2)28(26(31)25(22)30)15-16-8-6-7-13-27-16/h4-14,23,29H,15H2,1-3H3/b24-22+. The summed E-state index contributed by atoms with van der Waals surface area (Å²) in [5, 5.41) is 11.4. The average Bonchev–Trinajstić information content (AvgIpc) is 3.13. The maximum atomic E-state index is 13.3. The summed E-state index contributed by atoms with van der Waals surface area (Å²) in [5.74, 6) is -0.663. The Morgan fingerprint density at radius 3 is 2.35 bits per heavy atom. The molecule has 1 fully saturated rings. The molecule has 1 saturated heterocycles. The lowest BCUT2D eigenvalue weighted by molar-refractivity contribution is -0.140. The number of hydrogen-bond acceptors (Lipinski definition) is 7. The topological polar surface area (TPSA) is 98.2 Å². The normalized spacial score (nSPS) is 17.0. The number of amides is 1. The minimum atomic E-state index is -0.908. The molecule has 34 heavy (non-hydrogen) atoms. The minimum Gasteiger partial charge on any atom is -0.507 e. The van der Waals surface area contributed by atoms with Crippen molar-refractivity contribution in [2.45, 2.75) is 12.6 Å². The predicted octanol–water partition coefficient (Wildman–Crippen LogP) is 3.73. The van der Waals surface area contributed by atoms with Gasteiger partial charge < -0.3 is 24.2 Å². The van der Waals surface area contributed by atoms with Crippen LogP contribution in [0.5, 0.6) is 17.2 Å². The van der Waals surface area contributed by atoms with E-state index in [1.165, 1.54) is 26.2 Å². The summed E-state index contributed by atoms with van der Waals surface area (Å²) in [6, 6.07) is 16.4. The summed E-state index contributed by atoms with van der Waals surface area (Å²) < 4.78 is 16.2. The zero-order valence-corrected chi connectivity index (χ0v) is 19.0. The lowest BCUT2D eigenvalue weighted by Crippen LogP contribution is -2.29. The van der Waals surface area contributed by atoms with Crippen molar-refractivity contribution in [2.24, 2.45) is 0 Å². The van der Waals surface area contributed by atoms with Crippen LogP contribution in [0.15, 0.2) is 72.4 Å². The van der Waals surface area contributed by atoms with Gasteiger partial charge >= 0.3 is 0 Å². The number of aromatic nitrogens is 1. The van der Waals surface area contributed by atoms with Crippen molar-refractivity contribution >= 4 is 17.4 Å². The van der Waals surface area contributed by atoms with Crippen LogP contribution in [-0.4, -0.2) is 48.0 Å². The van der Waals surface area contributed by atoms with Crippen molar-refractivity contribution in [3.8, 4) is 17.2 Å². The van der Waals surface area contributed by atoms with Gasteiger partial charge in [-0.15, -0.1) is 0 Å². The number of ether oxygens (including phenoxy) is 3.